The van der Waals surface area contributed by atoms with Crippen LogP contribution < -0.4 is 10.1 Å². The van der Waals surface area contributed by atoms with Gasteiger partial charge in [0, 0.05) is 36.5 Å². The number of nitrogens with one attached hydrogen (secondary N) is 1. The van der Waals surface area contributed by atoms with Crippen LogP contribution >= 0.6 is 0 Å². The standard InChI is InChI=1S/C17H17N3O/c1-2-18-12-13-7-9-20-17(10-13)21-15-6-5-14-4-3-8-19-16(14)11-15/h3-11,18H,2,12H2,1H3. The van der Waals surface area contributed by atoms with Gasteiger partial charge in [0.2, 0.25) is 5.88 Å². The van der Waals surface area contributed by atoms with E-state index in [1.165, 1.54) is 0 Å². The molecule has 0 saturated heterocycles. The van der Waals surface area contributed by atoms with E-state index in [9.17, 15) is 0 Å². The molecule has 4 heteroatoms. The van der Waals surface area contributed by atoms with Gasteiger partial charge in [0.05, 0.1) is 5.52 Å². The first-order valence-corrected chi connectivity index (χ1v) is 7.03. The Morgan fingerprint density at radius 3 is 2.90 bits per heavy atom. The molecule has 0 radical (unpaired) electrons. The van der Waals surface area contributed by atoms with Crippen molar-refractivity contribution in [2.24, 2.45) is 0 Å². The monoisotopic (exact) mass is 279 g/mol. The van der Waals surface area contributed by atoms with Gasteiger partial charge in [-0.1, -0.05) is 13.0 Å². The molecule has 4 nitrogen and oxygen atoms in total. The van der Waals surface area contributed by atoms with E-state index in [0.717, 1.165) is 35.3 Å². The molecule has 0 aliphatic heterocycles. The highest BCUT2D eigenvalue weighted by Crippen LogP contribution is 2.23. The van der Waals surface area contributed by atoms with E-state index in [1.54, 1.807) is 12.4 Å². The number of rotatable bonds is 5. The lowest BCUT2D eigenvalue weighted by Crippen LogP contribution is -2.11. The van der Waals surface area contributed by atoms with E-state index in [2.05, 4.69) is 22.2 Å². The van der Waals surface area contributed by atoms with Gasteiger partial charge in [0.1, 0.15) is 5.75 Å². The Morgan fingerprint density at radius 2 is 2.00 bits per heavy atom. The van der Waals surface area contributed by atoms with Gasteiger partial charge >= 0.3 is 0 Å². The number of fused-ring (bicyclic) bond motifs is 1. The second-order valence-corrected chi connectivity index (χ2v) is 4.74. The third-order valence-electron chi connectivity index (χ3n) is 3.18. The number of ether oxygens (including phenoxy) is 1. The van der Waals surface area contributed by atoms with Gasteiger partial charge in [-0.2, -0.15) is 0 Å². The molecule has 0 unspecified atom stereocenters. The lowest BCUT2D eigenvalue weighted by atomic mass is 10.2. The van der Waals surface area contributed by atoms with Crippen molar-refractivity contribution in [3.8, 4) is 11.6 Å². The zero-order valence-corrected chi connectivity index (χ0v) is 11.9. The van der Waals surface area contributed by atoms with Gasteiger partial charge in [0.15, 0.2) is 0 Å². The van der Waals surface area contributed by atoms with Crippen LogP contribution in [0.2, 0.25) is 0 Å². The van der Waals surface area contributed by atoms with Gasteiger partial charge < -0.3 is 10.1 Å². The maximum Gasteiger partial charge on any atom is 0.219 e. The Bertz CT molecular complexity index is 743. The molecule has 2 aromatic heterocycles. The van der Waals surface area contributed by atoms with E-state index < -0.39 is 0 Å². The van der Waals surface area contributed by atoms with Crippen LogP contribution in [0.15, 0.2) is 54.9 Å². The van der Waals surface area contributed by atoms with E-state index in [1.807, 2.05) is 42.5 Å². The van der Waals surface area contributed by atoms with Crippen molar-refractivity contribution in [1.29, 1.82) is 0 Å². The highest BCUT2D eigenvalue weighted by atomic mass is 16.5. The molecule has 21 heavy (non-hydrogen) atoms. The molecule has 0 fully saturated rings. The van der Waals surface area contributed by atoms with Crippen LogP contribution in [-0.4, -0.2) is 16.5 Å². The van der Waals surface area contributed by atoms with Gasteiger partial charge in [-0.05, 0) is 36.4 Å². The Kier molecular flexibility index (Phi) is 4.07. The molecule has 0 aliphatic carbocycles. The number of nitrogens with zero attached hydrogens (tertiary/aromatic N) is 2. The molecule has 0 amide bonds. The van der Waals surface area contributed by atoms with Gasteiger partial charge in [-0.3, -0.25) is 4.98 Å². The summed E-state index contributed by atoms with van der Waals surface area (Å²) in [7, 11) is 0. The van der Waals surface area contributed by atoms with E-state index in [0.29, 0.717) is 5.88 Å². The summed E-state index contributed by atoms with van der Waals surface area (Å²) < 4.78 is 5.83. The van der Waals surface area contributed by atoms with Crippen molar-refractivity contribution in [2.45, 2.75) is 13.5 Å². The van der Waals surface area contributed by atoms with Crippen LogP contribution in [0.3, 0.4) is 0 Å². The molecule has 0 bridgehead atoms. The van der Waals surface area contributed by atoms with Crippen LogP contribution in [-0.2, 0) is 6.54 Å². The molecule has 106 valence electrons. The first kappa shape index (κ1) is 13.5. The van der Waals surface area contributed by atoms with E-state index in [4.69, 9.17) is 4.74 Å². The Balaban J connectivity index is 1.81. The van der Waals surface area contributed by atoms with Crippen LogP contribution in [0, 0.1) is 0 Å². The van der Waals surface area contributed by atoms with Crippen LogP contribution in [0.4, 0.5) is 0 Å². The Hall–Kier alpha value is -2.46. The Morgan fingerprint density at radius 1 is 1.05 bits per heavy atom. The summed E-state index contributed by atoms with van der Waals surface area (Å²) in [6, 6.07) is 13.7. The zero-order valence-electron chi connectivity index (χ0n) is 11.9. The van der Waals surface area contributed by atoms with Gasteiger partial charge in [-0.25, -0.2) is 4.98 Å². The minimum absolute atomic E-state index is 0.598. The minimum atomic E-state index is 0.598. The van der Waals surface area contributed by atoms with E-state index in [-0.39, 0.29) is 0 Å². The van der Waals surface area contributed by atoms with Crippen molar-refractivity contribution in [3.05, 3.63) is 60.4 Å². The molecular formula is C17H17N3O. The third kappa shape index (κ3) is 3.35. The quantitative estimate of drug-likeness (QED) is 0.776. The SMILES string of the molecule is CCNCc1ccnc(Oc2ccc3cccnc3c2)c1. The molecule has 1 N–H and O–H groups in total. The molecule has 0 spiro atoms. The molecule has 3 aromatic rings. The summed E-state index contributed by atoms with van der Waals surface area (Å²) in [5.74, 6) is 1.34. The van der Waals surface area contributed by atoms with Crippen molar-refractivity contribution >= 4 is 10.9 Å². The minimum Gasteiger partial charge on any atom is -0.439 e. The zero-order chi connectivity index (χ0) is 14.5. The van der Waals surface area contributed by atoms with Crippen molar-refractivity contribution in [3.63, 3.8) is 0 Å². The van der Waals surface area contributed by atoms with Gasteiger partial charge in [-0.15, -0.1) is 0 Å². The Labute approximate surface area is 123 Å². The predicted molar refractivity (Wildman–Crippen MR) is 83.4 cm³/mol. The lowest BCUT2D eigenvalue weighted by Gasteiger charge is -2.07. The normalized spacial score (nSPS) is 10.7. The summed E-state index contributed by atoms with van der Waals surface area (Å²) in [6.07, 6.45) is 3.54. The maximum atomic E-state index is 5.83. The van der Waals surface area contributed by atoms with Crippen LogP contribution in [0.1, 0.15) is 12.5 Å². The van der Waals surface area contributed by atoms with E-state index >= 15 is 0 Å². The maximum absolute atomic E-state index is 5.83. The van der Waals surface area contributed by atoms with Crippen molar-refractivity contribution in [1.82, 2.24) is 15.3 Å². The summed E-state index contributed by atoms with van der Waals surface area (Å²) in [4.78, 5) is 8.58. The number of pyridine rings is 2. The molecule has 0 atom stereocenters. The summed E-state index contributed by atoms with van der Waals surface area (Å²) >= 11 is 0. The average molecular weight is 279 g/mol. The number of hydrogen-bond acceptors (Lipinski definition) is 4. The van der Waals surface area contributed by atoms with Gasteiger partial charge in [0.25, 0.3) is 0 Å². The molecule has 2 heterocycles. The fourth-order valence-corrected chi connectivity index (χ4v) is 2.12. The fraction of sp³-hybridized carbons (Fsp3) is 0.176. The number of aromatic nitrogens is 2. The molecule has 1 aromatic carbocycles. The highest BCUT2D eigenvalue weighted by molar-refractivity contribution is 5.79. The predicted octanol–water partition coefficient (Wildman–Crippen LogP) is 3.53. The largest absolute Gasteiger partial charge is 0.439 e. The first-order valence-electron chi connectivity index (χ1n) is 7.03. The molecule has 3 rings (SSSR count). The number of benzene rings is 1. The second-order valence-electron chi connectivity index (χ2n) is 4.74. The van der Waals surface area contributed by atoms with Crippen molar-refractivity contribution < 1.29 is 4.74 Å². The smallest absolute Gasteiger partial charge is 0.219 e. The summed E-state index contributed by atoms with van der Waals surface area (Å²) in [5.41, 5.74) is 2.07. The molecule has 0 saturated carbocycles. The summed E-state index contributed by atoms with van der Waals surface area (Å²) in [6.45, 7) is 3.84. The topological polar surface area (TPSA) is 47.0 Å². The highest BCUT2D eigenvalue weighted by Gasteiger charge is 2.02. The van der Waals surface area contributed by atoms with Crippen molar-refractivity contribution in [2.75, 3.05) is 6.54 Å². The van der Waals surface area contributed by atoms with Crippen LogP contribution in [0.25, 0.3) is 10.9 Å². The molecule has 0 aliphatic rings. The second kappa shape index (κ2) is 6.33. The lowest BCUT2D eigenvalue weighted by molar-refractivity contribution is 0.462. The van der Waals surface area contributed by atoms with Crippen LogP contribution in [0.5, 0.6) is 11.6 Å². The fourth-order valence-electron chi connectivity index (χ4n) is 2.12. The number of hydrogen-bond donors (Lipinski definition) is 1. The first-order chi connectivity index (χ1) is 10.3. The molecular weight excluding hydrogens is 262 g/mol. The average Bonchev–Trinajstić information content (AvgIpc) is 2.53. The third-order valence-corrected chi connectivity index (χ3v) is 3.18. The summed E-state index contributed by atoms with van der Waals surface area (Å²) in [5, 5.41) is 4.38.